The molecule has 1 amide bonds. The highest BCUT2D eigenvalue weighted by Gasteiger charge is 2.28. The number of primary amides is 1. The Morgan fingerprint density at radius 1 is 1.07 bits per heavy atom. The number of halogens is 1. The van der Waals surface area contributed by atoms with Crippen LogP contribution in [0.3, 0.4) is 0 Å². The average molecular weight is 405 g/mol. The van der Waals surface area contributed by atoms with Gasteiger partial charge < -0.3 is 10.6 Å². The zero-order chi connectivity index (χ0) is 21.4. The van der Waals surface area contributed by atoms with Crippen molar-refractivity contribution in [3.63, 3.8) is 0 Å². The minimum atomic E-state index is -0.381. The van der Waals surface area contributed by atoms with Gasteiger partial charge in [0.1, 0.15) is 5.82 Å². The SMILES string of the molecule is Cc1ccc(C(=O)c2cnc3ccc(F)cc3c2N2CCC(C(N)=O)CC2)cc1C. The summed E-state index contributed by atoms with van der Waals surface area (Å²) in [5.41, 5.74) is 9.92. The first-order valence-electron chi connectivity index (χ1n) is 10.1. The number of piperidine rings is 1. The second-order valence-corrected chi connectivity index (χ2v) is 7.97. The summed E-state index contributed by atoms with van der Waals surface area (Å²) in [6.07, 6.45) is 2.78. The molecule has 1 aliphatic rings. The molecular weight excluding hydrogens is 381 g/mol. The van der Waals surface area contributed by atoms with Gasteiger partial charge in [-0.15, -0.1) is 0 Å². The lowest BCUT2D eigenvalue weighted by Crippen LogP contribution is -2.39. The topological polar surface area (TPSA) is 76.3 Å². The Morgan fingerprint density at radius 2 is 1.80 bits per heavy atom. The summed E-state index contributed by atoms with van der Waals surface area (Å²) in [7, 11) is 0. The third-order valence-corrected chi connectivity index (χ3v) is 6.03. The molecule has 0 spiro atoms. The molecule has 2 heterocycles. The van der Waals surface area contributed by atoms with Crippen LogP contribution in [-0.2, 0) is 4.79 Å². The van der Waals surface area contributed by atoms with Crippen LogP contribution in [0, 0.1) is 25.6 Å². The quantitative estimate of drug-likeness (QED) is 0.668. The van der Waals surface area contributed by atoms with E-state index >= 15 is 0 Å². The van der Waals surface area contributed by atoms with Crippen molar-refractivity contribution in [2.24, 2.45) is 11.7 Å². The lowest BCUT2D eigenvalue weighted by Gasteiger charge is -2.34. The number of aromatic nitrogens is 1. The first kappa shape index (κ1) is 20.0. The average Bonchev–Trinajstić information content (AvgIpc) is 2.74. The molecule has 3 aromatic rings. The number of benzene rings is 2. The van der Waals surface area contributed by atoms with E-state index in [1.165, 1.54) is 12.1 Å². The van der Waals surface area contributed by atoms with E-state index in [1.54, 1.807) is 12.3 Å². The number of carbonyl (C=O) groups excluding carboxylic acids is 2. The number of nitrogens with zero attached hydrogens (tertiary/aromatic N) is 2. The van der Waals surface area contributed by atoms with Gasteiger partial charge in [-0.05, 0) is 62.1 Å². The Morgan fingerprint density at radius 3 is 2.47 bits per heavy atom. The van der Waals surface area contributed by atoms with E-state index in [0.29, 0.717) is 53.6 Å². The predicted molar refractivity (Wildman–Crippen MR) is 115 cm³/mol. The normalized spacial score (nSPS) is 14.8. The lowest BCUT2D eigenvalue weighted by molar-refractivity contribution is -0.122. The van der Waals surface area contributed by atoms with Crippen molar-refractivity contribution in [1.29, 1.82) is 0 Å². The third kappa shape index (κ3) is 3.65. The molecule has 0 radical (unpaired) electrons. The number of anilines is 1. The van der Waals surface area contributed by atoms with E-state index in [-0.39, 0.29) is 23.4 Å². The molecule has 0 aliphatic carbocycles. The van der Waals surface area contributed by atoms with Gasteiger partial charge in [0.15, 0.2) is 5.78 Å². The fraction of sp³-hybridized carbons (Fsp3) is 0.292. The Bertz CT molecular complexity index is 1150. The van der Waals surface area contributed by atoms with Gasteiger partial charge >= 0.3 is 0 Å². The van der Waals surface area contributed by atoms with Crippen molar-refractivity contribution in [1.82, 2.24) is 4.98 Å². The minimum Gasteiger partial charge on any atom is -0.370 e. The van der Waals surface area contributed by atoms with E-state index in [0.717, 1.165) is 11.1 Å². The number of aryl methyl sites for hydroxylation is 2. The highest BCUT2D eigenvalue weighted by Crippen LogP contribution is 2.34. The molecule has 1 aromatic heterocycles. The van der Waals surface area contributed by atoms with Crippen LogP contribution < -0.4 is 10.6 Å². The minimum absolute atomic E-state index is 0.149. The third-order valence-electron chi connectivity index (χ3n) is 6.03. The number of hydrogen-bond acceptors (Lipinski definition) is 4. The van der Waals surface area contributed by atoms with Gasteiger partial charge in [-0.2, -0.15) is 0 Å². The summed E-state index contributed by atoms with van der Waals surface area (Å²) in [6, 6.07) is 10.0. The molecular formula is C24H24FN3O2. The van der Waals surface area contributed by atoms with Gasteiger partial charge in [0, 0.05) is 36.2 Å². The number of amides is 1. The highest BCUT2D eigenvalue weighted by atomic mass is 19.1. The van der Waals surface area contributed by atoms with Crippen LogP contribution in [0.15, 0.2) is 42.6 Å². The summed E-state index contributed by atoms with van der Waals surface area (Å²) in [5.74, 6) is -1.01. The summed E-state index contributed by atoms with van der Waals surface area (Å²) >= 11 is 0. The number of ketones is 1. The molecule has 2 N–H and O–H groups in total. The molecule has 0 bridgehead atoms. The van der Waals surface area contributed by atoms with Crippen LogP contribution in [0.1, 0.15) is 39.9 Å². The first-order valence-corrected chi connectivity index (χ1v) is 10.1. The van der Waals surface area contributed by atoms with E-state index in [9.17, 15) is 14.0 Å². The second-order valence-electron chi connectivity index (χ2n) is 7.97. The van der Waals surface area contributed by atoms with Crippen molar-refractivity contribution in [3.05, 3.63) is 70.7 Å². The van der Waals surface area contributed by atoms with Crippen LogP contribution in [0.25, 0.3) is 10.9 Å². The van der Waals surface area contributed by atoms with Gasteiger partial charge in [0.05, 0.1) is 16.8 Å². The number of fused-ring (bicyclic) bond motifs is 1. The smallest absolute Gasteiger partial charge is 0.220 e. The Hall–Kier alpha value is -3.28. The van der Waals surface area contributed by atoms with Crippen LogP contribution in [0.5, 0.6) is 0 Å². The number of hydrogen-bond donors (Lipinski definition) is 1. The van der Waals surface area contributed by atoms with Gasteiger partial charge in [-0.25, -0.2) is 4.39 Å². The first-order chi connectivity index (χ1) is 14.3. The van der Waals surface area contributed by atoms with Crippen LogP contribution >= 0.6 is 0 Å². The molecule has 0 saturated carbocycles. The Kier molecular flexibility index (Phi) is 5.24. The molecule has 6 heteroatoms. The molecule has 1 saturated heterocycles. The van der Waals surface area contributed by atoms with Gasteiger partial charge in [-0.3, -0.25) is 14.6 Å². The van der Waals surface area contributed by atoms with Crippen molar-refractivity contribution >= 4 is 28.3 Å². The van der Waals surface area contributed by atoms with E-state index in [2.05, 4.69) is 9.88 Å². The monoisotopic (exact) mass is 405 g/mol. The highest BCUT2D eigenvalue weighted by molar-refractivity contribution is 6.16. The molecule has 154 valence electrons. The summed E-state index contributed by atoms with van der Waals surface area (Å²) in [5, 5.41) is 0.599. The largest absolute Gasteiger partial charge is 0.370 e. The van der Waals surface area contributed by atoms with Crippen molar-refractivity contribution in [3.8, 4) is 0 Å². The molecule has 5 nitrogen and oxygen atoms in total. The zero-order valence-corrected chi connectivity index (χ0v) is 17.1. The standard InChI is InChI=1S/C24H24FN3O2/c1-14-3-4-17(11-15(14)2)23(29)20-13-27-21-6-5-18(25)12-19(21)22(20)28-9-7-16(8-10-28)24(26)30/h3-6,11-13,16H,7-10H2,1-2H3,(H2,26,30). The lowest BCUT2D eigenvalue weighted by atomic mass is 9.93. The van der Waals surface area contributed by atoms with E-state index in [4.69, 9.17) is 5.73 Å². The summed E-state index contributed by atoms with van der Waals surface area (Å²) in [6.45, 7) is 5.10. The van der Waals surface area contributed by atoms with Crippen LogP contribution in [0.2, 0.25) is 0 Å². The number of nitrogens with two attached hydrogens (primary N) is 1. The van der Waals surface area contributed by atoms with Gasteiger partial charge in [-0.1, -0.05) is 12.1 Å². The molecule has 2 aromatic carbocycles. The maximum Gasteiger partial charge on any atom is 0.220 e. The van der Waals surface area contributed by atoms with Gasteiger partial charge in [0.25, 0.3) is 0 Å². The maximum absolute atomic E-state index is 14.1. The molecule has 1 aliphatic heterocycles. The Labute approximate surface area is 174 Å². The van der Waals surface area contributed by atoms with Crippen LogP contribution in [0.4, 0.5) is 10.1 Å². The van der Waals surface area contributed by atoms with E-state index < -0.39 is 0 Å². The molecule has 1 fully saturated rings. The van der Waals surface area contributed by atoms with E-state index in [1.807, 2.05) is 32.0 Å². The number of pyridine rings is 1. The zero-order valence-electron chi connectivity index (χ0n) is 17.1. The number of carbonyl (C=O) groups is 2. The summed E-state index contributed by atoms with van der Waals surface area (Å²) in [4.78, 5) is 31.5. The molecule has 0 unspecified atom stereocenters. The maximum atomic E-state index is 14.1. The molecule has 30 heavy (non-hydrogen) atoms. The summed E-state index contributed by atoms with van der Waals surface area (Å²) < 4.78 is 14.1. The fourth-order valence-corrected chi connectivity index (χ4v) is 4.08. The predicted octanol–water partition coefficient (Wildman–Crippen LogP) is 3.92. The van der Waals surface area contributed by atoms with Crippen molar-refractivity contribution in [2.75, 3.05) is 18.0 Å². The molecule has 4 rings (SSSR count). The van der Waals surface area contributed by atoms with Crippen LogP contribution in [-0.4, -0.2) is 29.8 Å². The fourth-order valence-electron chi connectivity index (χ4n) is 4.08. The van der Waals surface area contributed by atoms with Crippen molar-refractivity contribution in [2.45, 2.75) is 26.7 Å². The Balaban J connectivity index is 1.83. The van der Waals surface area contributed by atoms with Gasteiger partial charge in [0.2, 0.25) is 5.91 Å². The number of rotatable bonds is 4. The molecule has 0 atom stereocenters. The van der Waals surface area contributed by atoms with Crippen molar-refractivity contribution < 1.29 is 14.0 Å². The second kappa shape index (κ2) is 7.86.